The Labute approximate surface area is 116 Å². The molecule has 0 aromatic heterocycles. The van der Waals surface area contributed by atoms with Crippen LogP contribution >= 0.6 is 0 Å². The molecule has 2 N–H and O–H groups in total. The maximum atomic E-state index is 12.9. The van der Waals surface area contributed by atoms with Crippen LogP contribution in [0.1, 0.15) is 29.7 Å². The highest BCUT2D eigenvalue weighted by atomic mass is 19.4. The Balaban J connectivity index is 2.08. The molecule has 4 heteroatoms. The third kappa shape index (κ3) is 3.61. The number of hydrogen-bond acceptors (Lipinski definition) is 0. The topological polar surface area (TPSA) is 16.6 Å². The highest BCUT2D eigenvalue weighted by Crippen LogP contribution is 2.31. The van der Waals surface area contributed by atoms with E-state index < -0.39 is 11.7 Å². The standard InChI is InChI=1S/C16H16F3N/c1-12(13-7-3-2-4-8-13)20-11-14-9-5-6-10-15(14)16(17,18)19/h2-10,12,20H,11H2,1H3/p+1/t12-/m0/s1. The molecule has 0 aliphatic heterocycles. The molecule has 0 aliphatic rings. The largest absolute Gasteiger partial charge is 0.416 e. The Bertz CT molecular complexity index is 549. The van der Waals surface area contributed by atoms with Crippen molar-refractivity contribution in [3.63, 3.8) is 0 Å². The van der Waals surface area contributed by atoms with Gasteiger partial charge in [-0.05, 0) is 13.0 Å². The van der Waals surface area contributed by atoms with E-state index in [4.69, 9.17) is 0 Å². The summed E-state index contributed by atoms with van der Waals surface area (Å²) in [5.74, 6) is 0. The van der Waals surface area contributed by atoms with E-state index in [1.165, 1.54) is 12.1 Å². The van der Waals surface area contributed by atoms with Gasteiger partial charge in [0.1, 0.15) is 12.6 Å². The molecule has 2 rings (SSSR count). The summed E-state index contributed by atoms with van der Waals surface area (Å²) in [6.45, 7) is 2.30. The first-order chi connectivity index (χ1) is 9.48. The quantitative estimate of drug-likeness (QED) is 0.882. The number of halogens is 3. The molecule has 2 aromatic carbocycles. The smallest absolute Gasteiger partial charge is 0.337 e. The number of nitrogens with two attached hydrogens (primary N) is 1. The minimum absolute atomic E-state index is 0.123. The van der Waals surface area contributed by atoms with Crippen LogP contribution in [0.2, 0.25) is 0 Å². The van der Waals surface area contributed by atoms with Crippen LogP contribution in [0, 0.1) is 0 Å². The van der Waals surface area contributed by atoms with E-state index in [0.717, 1.165) is 11.6 Å². The summed E-state index contributed by atoms with van der Waals surface area (Å²) in [7, 11) is 0. The predicted molar refractivity (Wildman–Crippen MR) is 71.9 cm³/mol. The third-order valence-corrected chi connectivity index (χ3v) is 3.34. The summed E-state index contributed by atoms with van der Waals surface area (Å²) >= 11 is 0. The fourth-order valence-corrected chi connectivity index (χ4v) is 2.17. The molecule has 20 heavy (non-hydrogen) atoms. The zero-order valence-electron chi connectivity index (χ0n) is 11.2. The van der Waals surface area contributed by atoms with Crippen molar-refractivity contribution in [2.45, 2.75) is 25.7 Å². The van der Waals surface area contributed by atoms with Crippen molar-refractivity contribution in [1.29, 1.82) is 0 Å². The van der Waals surface area contributed by atoms with Gasteiger partial charge in [-0.25, -0.2) is 0 Å². The van der Waals surface area contributed by atoms with Crippen LogP contribution in [-0.4, -0.2) is 0 Å². The maximum Gasteiger partial charge on any atom is 0.416 e. The number of alkyl halides is 3. The molecule has 0 amide bonds. The van der Waals surface area contributed by atoms with Crippen LogP contribution < -0.4 is 5.32 Å². The summed E-state index contributed by atoms with van der Waals surface area (Å²) < 4.78 is 38.6. The summed E-state index contributed by atoms with van der Waals surface area (Å²) in [4.78, 5) is 0. The fraction of sp³-hybridized carbons (Fsp3) is 0.250. The van der Waals surface area contributed by atoms with Gasteiger partial charge in [-0.1, -0.05) is 48.5 Å². The van der Waals surface area contributed by atoms with Gasteiger partial charge in [-0.3, -0.25) is 0 Å². The maximum absolute atomic E-state index is 12.9. The van der Waals surface area contributed by atoms with Crippen LogP contribution in [0.4, 0.5) is 13.2 Å². The minimum atomic E-state index is -4.29. The summed E-state index contributed by atoms with van der Waals surface area (Å²) in [5.41, 5.74) is 0.885. The molecule has 2 aromatic rings. The zero-order chi connectivity index (χ0) is 14.6. The van der Waals surface area contributed by atoms with Crippen LogP contribution in [0.15, 0.2) is 54.6 Å². The minimum Gasteiger partial charge on any atom is -0.337 e. The third-order valence-electron chi connectivity index (χ3n) is 3.34. The number of rotatable bonds is 4. The van der Waals surface area contributed by atoms with Gasteiger partial charge in [0, 0.05) is 11.1 Å². The van der Waals surface area contributed by atoms with E-state index in [2.05, 4.69) is 0 Å². The van der Waals surface area contributed by atoms with Gasteiger partial charge in [0.2, 0.25) is 0 Å². The van der Waals surface area contributed by atoms with E-state index in [1.807, 2.05) is 42.6 Å². The SMILES string of the molecule is C[C@H]([NH2+]Cc1ccccc1C(F)(F)F)c1ccccc1. The summed E-state index contributed by atoms with van der Waals surface area (Å²) in [5, 5.41) is 1.92. The predicted octanol–water partition coefficient (Wildman–Crippen LogP) is 3.53. The number of quaternary nitrogens is 1. The van der Waals surface area contributed by atoms with Gasteiger partial charge in [-0.15, -0.1) is 0 Å². The second kappa shape index (κ2) is 6.09. The zero-order valence-corrected chi connectivity index (χ0v) is 11.2. The van der Waals surface area contributed by atoms with E-state index in [-0.39, 0.29) is 6.04 Å². The van der Waals surface area contributed by atoms with E-state index in [9.17, 15) is 13.2 Å². The van der Waals surface area contributed by atoms with E-state index >= 15 is 0 Å². The molecule has 0 spiro atoms. The van der Waals surface area contributed by atoms with Gasteiger partial charge in [0.25, 0.3) is 0 Å². The average molecular weight is 280 g/mol. The molecular weight excluding hydrogens is 263 g/mol. The highest BCUT2D eigenvalue weighted by molar-refractivity contribution is 5.28. The Morgan fingerprint density at radius 2 is 1.55 bits per heavy atom. The Morgan fingerprint density at radius 1 is 0.950 bits per heavy atom. The first kappa shape index (κ1) is 14.6. The van der Waals surface area contributed by atoms with Gasteiger partial charge in [0.05, 0.1) is 5.56 Å². The van der Waals surface area contributed by atoms with Crippen molar-refractivity contribution in [3.05, 3.63) is 71.3 Å². The van der Waals surface area contributed by atoms with Crippen molar-refractivity contribution in [3.8, 4) is 0 Å². The number of hydrogen-bond donors (Lipinski definition) is 1. The lowest BCUT2D eigenvalue weighted by Gasteiger charge is -2.14. The molecule has 1 nitrogen and oxygen atoms in total. The molecule has 0 unspecified atom stereocenters. The molecule has 0 radical (unpaired) electrons. The van der Waals surface area contributed by atoms with Crippen molar-refractivity contribution in [1.82, 2.24) is 0 Å². The molecular formula is C16H17F3N+. The monoisotopic (exact) mass is 280 g/mol. The number of benzene rings is 2. The van der Waals surface area contributed by atoms with Crippen molar-refractivity contribution >= 4 is 0 Å². The van der Waals surface area contributed by atoms with Crippen LogP contribution in [0.25, 0.3) is 0 Å². The Morgan fingerprint density at radius 3 is 2.20 bits per heavy atom. The molecule has 0 heterocycles. The summed E-state index contributed by atoms with van der Waals surface area (Å²) in [6.07, 6.45) is -4.29. The second-order valence-corrected chi connectivity index (χ2v) is 4.79. The van der Waals surface area contributed by atoms with Crippen LogP contribution in [0.3, 0.4) is 0 Å². The lowest BCUT2D eigenvalue weighted by atomic mass is 10.1. The Kier molecular flexibility index (Phi) is 4.45. The van der Waals surface area contributed by atoms with Crippen LogP contribution in [0.5, 0.6) is 0 Å². The second-order valence-electron chi connectivity index (χ2n) is 4.79. The average Bonchev–Trinajstić information content (AvgIpc) is 2.45. The molecule has 0 bridgehead atoms. The molecule has 0 saturated heterocycles. The molecule has 106 valence electrons. The van der Waals surface area contributed by atoms with E-state index in [1.54, 1.807) is 6.07 Å². The summed E-state index contributed by atoms with van der Waals surface area (Å²) in [6, 6.07) is 15.6. The van der Waals surface area contributed by atoms with Crippen molar-refractivity contribution in [2.75, 3.05) is 0 Å². The van der Waals surface area contributed by atoms with Gasteiger partial charge in [-0.2, -0.15) is 13.2 Å². The van der Waals surface area contributed by atoms with Crippen LogP contribution in [-0.2, 0) is 12.7 Å². The first-order valence-electron chi connectivity index (χ1n) is 6.52. The van der Waals surface area contributed by atoms with E-state index in [0.29, 0.717) is 12.1 Å². The lowest BCUT2D eigenvalue weighted by Crippen LogP contribution is -2.83. The first-order valence-corrected chi connectivity index (χ1v) is 6.52. The molecule has 0 fully saturated rings. The van der Waals surface area contributed by atoms with Gasteiger partial charge in [0.15, 0.2) is 0 Å². The highest BCUT2D eigenvalue weighted by Gasteiger charge is 2.33. The van der Waals surface area contributed by atoms with Crippen molar-refractivity contribution < 1.29 is 18.5 Å². The normalized spacial score (nSPS) is 13.2. The molecule has 0 aliphatic carbocycles. The van der Waals surface area contributed by atoms with Gasteiger partial charge < -0.3 is 5.32 Å². The fourth-order valence-electron chi connectivity index (χ4n) is 2.17. The van der Waals surface area contributed by atoms with Gasteiger partial charge >= 0.3 is 6.18 Å². The Hall–Kier alpha value is -1.81. The molecule has 1 atom stereocenters. The molecule has 0 saturated carbocycles. The van der Waals surface area contributed by atoms with Crippen molar-refractivity contribution in [2.24, 2.45) is 0 Å². The lowest BCUT2D eigenvalue weighted by molar-refractivity contribution is -0.708.